The van der Waals surface area contributed by atoms with Crippen LogP contribution in [-0.2, 0) is 25.5 Å². The van der Waals surface area contributed by atoms with E-state index in [4.69, 9.17) is 32.7 Å². The van der Waals surface area contributed by atoms with E-state index in [2.05, 4.69) is 5.32 Å². The molecule has 0 radical (unpaired) electrons. The van der Waals surface area contributed by atoms with Crippen molar-refractivity contribution in [3.8, 4) is 0 Å². The fourth-order valence-electron chi connectivity index (χ4n) is 2.14. The van der Waals surface area contributed by atoms with Gasteiger partial charge in [-0.05, 0) is 26.3 Å². The number of thiophene rings is 1. The van der Waals surface area contributed by atoms with Gasteiger partial charge in [-0.15, -0.1) is 34.5 Å². The number of aryl methyl sites for hydroxylation is 1. The number of rotatable bonds is 7. The van der Waals surface area contributed by atoms with Crippen molar-refractivity contribution in [3.05, 3.63) is 16.5 Å². The molecule has 6 nitrogen and oxygen atoms in total. The summed E-state index contributed by atoms with van der Waals surface area (Å²) < 4.78 is 8.82. The van der Waals surface area contributed by atoms with Gasteiger partial charge in [0.05, 0.1) is 12.2 Å². The van der Waals surface area contributed by atoms with Crippen LogP contribution in [0.4, 0.5) is 5.00 Å². The number of carbonyl (C=O) groups is 3. The molecule has 1 aromatic rings. The minimum Gasteiger partial charge on any atom is -0.462 e. The number of ether oxygens (including phenoxy) is 2. The van der Waals surface area contributed by atoms with Crippen LogP contribution in [0.1, 0.15) is 42.4 Å². The van der Waals surface area contributed by atoms with Gasteiger partial charge in [-0.1, -0.05) is 6.92 Å². The van der Waals surface area contributed by atoms with Crippen molar-refractivity contribution >= 4 is 57.4 Å². The highest BCUT2D eigenvalue weighted by Gasteiger charge is 2.69. The molecule has 1 fully saturated rings. The summed E-state index contributed by atoms with van der Waals surface area (Å²) >= 11 is 13.1. The molecule has 1 atom stereocenters. The van der Waals surface area contributed by atoms with Crippen molar-refractivity contribution in [1.29, 1.82) is 0 Å². The van der Waals surface area contributed by atoms with Crippen LogP contribution in [0.15, 0.2) is 6.07 Å². The largest absolute Gasteiger partial charge is 0.462 e. The monoisotopic (exact) mass is 407 g/mol. The summed E-state index contributed by atoms with van der Waals surface area (Å²) in [5.74, 6) is -1.69. The van der Waals surface area contributed by atoms with Gasteiger partial charge in [-0.2, -0.15) is 0 Å². The number of anilines is 1. The maximum Gasteiger partial charge on any atom is 0.341 e. The number of halogens is 2. The van der Waals surface area contributed by atoms with E-state index >= 15 is 0 Å². The summed E-state index contributed by atoms with van der Waals surface area (Å²) in [4.78, 5) is 36.9. The van der Waals surface area contributed by atoms with E-state index in [1.807, 2.05) is 6.92 Å². The maximum absolute atomic E-state index is 12.1. The summed E-state index contributed by atoms with van der Waals surface area (Å²) in [5.41, 5.74) is -0.705. The second-order valence-electron chi connectivity index (χ2n) is 5.87. The van der Waals surface area contributed by atoms with Crippen LogP contribution >= 0.6 is 34.5 Å². The minimum absolute atomic E-state index is 0.234. The first-order valence-electron chi connectivity index (χ1n) is 7.79. The Morgan fingerprint density at radius 2 is 1.92 bits per heavy atom. The zero-order chi connectivity index (χ0) is 18.8. The Morgan fingerprint density at radius 1 is 1.28 bits per heavy atom. The predicted molar refractivity (Wildman–Crippen MR) is 96.4 cm³/mol. The van der Waals surface area contributed by atoms with Gasteiger partial charge in [-0.25, -0.2) is 4.79 Å². The van der Waals surface area contributed by atoms with Gasteiger partial charge in [0.25, 0.3) is 5.91 Å². The first kappa shape index (κ1) is 20.0. The number of carbonyl (C=O) groups excluding carboxylic acids is 3. The zero-order valence-corrected chi connectivity index (χ0v) is 16.4. The lowest BCUT2D eigenvalue weighted by Gasteiger charge is -2.11. The van der Waals surface area contributed by atoms with Gasteiger partial charge < -0.3 is 14.8 Å². The third kappa shape index (κ3) is 4.27. The summed E-state index contributed by atoms with van der Waals surface area (Å²) in [6, 6.07) is 1.69. The quantitative estimate of drug-likeness (QED) is 0.551. The Morgan fingerprint density at radius 3 is 2.44 bits per heavy atom. The second kappa shape index (κ2) is 7.51. The molecular weight excluding hydrogens is 389 g/mol. The predicted octanol–water partition coefficient (Wildman–Crippen LogP) is 3.55. The van der Waals surface area contributed by atoms with E-state index in [0.717, 1.165) is 4.88 Å². The average molecular weight is 408 g/mol. The van der Waals surface area contributed by atoms with Crippen molar-refractivity contribution < 1.29 is 23.9 Å². The molecule has 1 N–H and O–H groups in total. The van der Waals surface area contributed by atoms with E-state index < -0.39 is 34.2 Å². The molecule has 2 rings (SSSR count). The van der Waals surface area contributed by atoms with Crippen LogP contribution in [0.3, 0.4) is 0 Å². The molecule has 1 aromatic heterocycles. The molecule has 1 saturated carbocycles. The van der Waals surface area contributed by atoms with Crippen LogP contribution in [0.5, 0.6) is 0 Å². The van der Waals surface area contributed by atoms with E-state index in [1.165, 1.54) is 11.3 Å². The highest BCUT2D eigenvalue weighted by Crippen LogP contribution is 2.64. The van der Waals surface area contributed by atoms with Gasteiger partial charge in [0.2, 0.25) is 0 Å². The zero-order valence-electron chi connectivity index (χ0n) is 14.1. The second-order valence-corrected chi connectivity index (χ2v) is 8.49. The molecular formula is C16H19Cl2NO5S. The van der Waals surface area contributed by atoms with Crippen molar-refractivity contribution in [2.75, 3.05) is 18.5 Å². The van der Waals surface area contributed by atoms with Crippen LogP contribution < -0.4 is 5.32 Å². The van der Waals surface area contributed by atoms with Gasteiger partial charge >= 0.3 is 11.9 Å². The molecule has 0 aromatic carbocycles. The topological polar surface area (TPSA) is 81.7 Å². The summed E-state index contributed by atoms with van der Waals surface area (Å²) in [7, 11) is 0. The molecule has 0 saturated heterocycles. The number of hydrogen-bond donors (Lipinski definition) is 1. The molecule has 138 valence electrons. The fraction of sp³-hybridized carbons (Fsp3) is 0.562. The molecule has 1 aliphatic carbocycles. The Labute approximate surface area is 159 Å². The molecule has 1 amide bonds. The molecule has 0 aliphatic heterocycles. The SMILES string of the molecule is CCOC(=O)c1cc(CC)sc1NC(=O)COC(=O)[C@]1(C)CC1(Cl)Cl. The van der Waals surface area contributed by atoms with Crippen molar-refractivity contribution in [2.45, 2.75) is 37.9 Å². The lowest BCUT2D eigenvalue weighted by atomic mass is 10.1. The van der Waals surface area contributed by atoms with E-state index in [0.29, 0.717) is 11.4 Å². The van der Waals surface area contributed by atoms with Crippen LogP contribution in [0.2, 0.25) is 0 Å². The molecule has 0 spiro atoms. The Bertz CT molecular complexity index is 703. The van der Waals surface area contributed by atoms with E-state index in [-0.39, 0.29) is 18.6 Å². The van der Waals surface area contributed by atoms with Crippen LogP contribution in [0.25, 0.3) is 0 Å². The molecule has 9 heteroatoms. The standard InChI is InChI=1S/C16H19Cl2NO5S/c1-4-9-6-10(13(21)23-5-2)12(25-9)19-11(20)7-24-14(22)15(3)8-16(15,17)18/h6H,4-5,7-8H2,1-3H3,(H,19,20)/t15-/m0/s1. The van der Waals surface area contributed by atoms with Gasteiger partial charge in [-0.3, -0.25) is 9.59 Å². The Balaban J connectivity index is 1.97. The van der Waals surface area contributed by atoms with Crippen molar-refractivity contribution in [2.24, 2.45) is 5.41 Å². The molecule has 1 heterocycles. The van der Waals surface area contributed by atoms with Crippen molar-refractivity contribution in [3.63, 3.8) is 0 Å². The van der Waals surface area contributed by atoms with E-state index in [1.54, 1.807) is 19.9 Å². The third-order valence-corrected chi connectivity index (χ3v) is 6.22. The molecule has 0 unspecified atom stereocenters. The maximum atomic E-state index is 12.1. The van der Waals surface area contributed by atoms with Crippen LogP contribution in [0, 0.1) is 5.41 Å². The lowest BCUT2D eigenvalue weighted by molar-refractivity contribution is -0.152. The van der Waals surface area contributed by atoms with Crippen LogP contribution in [-0.4, -0.2) is 35.4 Å². The smallest absolute Gasteiger partial charge is 0.341 e. The minimum atomic E-state index is -1.15. The summed E-state index contributed by atoms with van der Waals surface area (Å²) in [5, 5.41) is 2.96. The number of hydrogen-bond acceptors (Lipinski definition) is 6. The Kier molecular flexibility index (Phi) is 6.01. The first-order valence-corrected chi connectivity index (χ1v) is 9.36. The fourth-order valence-corrected chi connectivity index (χ4v) is 3.83. The first-order chi connectivity index (χ1) is 11.6. The third-order valence-electron chi connectivity index (χ3n) is 3.92. The van der Waals surface area contributed by atoms with E-state index in [9.17, 15) is 14.4 Å². The molecule has 0 bridgehead atoms. The highest BCUT2D eigenvalue weighted by molar-refractivity contribution is 7.16. The highest BCUT2D eigenvalue weighted by atomic mass is 35.5. The summed E-state index contributed by atoms with van der Waals surface area (Å²) in [6.07, 6.45) is 0.995. The normalized spacial score (nSPS) is 20.7. The van der Waals surface area contributed by atoms with Gasteiger partial charge in [0, 0.05) is 11.3 Å². The average Bonchev–Trinajstić information content (AvgIpc) is 2.89. The molecule has 1 aliphatic rings. The Hall–Kier alpha value is -1.31. The molecule has 25 heavy (non-hydrogen) atoms. The number of alkyl halides is 2. The number of amides is 1. The van der Waals surface area contributed by atoms with Gasteiger partial charge in [0.15, 0.2) is 6.61 Å². The summed E-state index contributed by atoms with van der Waals surface area (Å²) in [6.45, 7) is 4.97. The van der Waals surface area contributed by atoms with Crippen molar-refractivity contribution in [1.82, 2.24) is 0 Å². The number of esters is 2. The lowest BCUT2D eigenvalue weighted by Crippen LogP contribution is -2.27. The van der Waals surface area contributed by atoms with Gasteiger partial charge in [0.1, 0.15) is 14.7 Å². The number of nitrogens with one attached hydrogen (secondary N) is 1.